The quantitative estimate of drug-likeness (QED) is 0.865. The van der Waals surface area contributed by atoms with E-state index in [1.807, 2.05) is 11.3 Å². The molecule has 2 N–H and O–H groups in total. The Hall–Kier alpha value is -1.16. The highest BCUT2D eigenvalue weighted by Crippen LogP contribution is 2.11. The highest BCUT2D eigenvalue weighted by Gasteiger charge is 2.02. The molecule has 18 heavy (non-hydrogen) atoms. The first-order valence-electron chi connectivity index (χ1n) is 6.27. The van der Waals surface area contributed by atoms with E-state index < -0.39 is 0 Å². The molecule has 3 heteroatoms. The Kier molecular flexibility index (Phi) is 4.93. The van der Waals surface area contributed by atoms with Crippen LogP contribution in [-0.4, -0.2) is 18.5 Å². The van der Waals surface area contributed by atoms with E-state index in [-0.39, 0.29) is 0 Å². The van der Waals surface area contributed by atoms with Crippen molar-refractivity contribution in [2.24, 2.45) is 5.73 Å². The molecule has 0 aliphatic heterocycles. The van der Waals surface area contributed by atoms with Gasteiger partial charge in [-0.1, -0.05) is 30.3 Å². The van der Waals surface area contributed by atoms with Crippen LogP contribution >= 0.6 is 11.3 Å². The highest BCUT2D eigenvalue weighted by atomic mass is 32.1. The standard InChI is InChI=1S/C15H20N2S/c1-17(8-7-15-6-3-9-18-15)12-14-5-2-4-13(10-14)11-16/h2-6,9-10H,7-8,11-12,16H2,1H3. The van der Waals surface area contributed by atoms with Crippen molar-refractivity contribution in [1.82, 2.24) is 4.90 Å². The number of rotatable bonds is 6. The van der Waals surface area contributed by atoms with Gasteiger partial charge in [-0.15, -0.1) is 11.3 Å². The van der Waals surface area contributed by atoms with Crippen molar-refractivity contribution < 1.29 is 0 Å². The van der Waals surface area contributed by atoms with Gasteiger partial charge in [-0.25, -0.2) is 0 Å². The van der Waals surface area contributed by atoms with E-state index in [0.29, 0.717) is 6.54 Å². The van der Waals surface area contributed by atoms with E-state index in [0.717, 1.165) is 19.5 Å². The molecule has 0 unspecified atom stereocenters. The monoisotopic (exact) mass is 260 g/mol. The van der Waals surface area contributed by atoms with E-state index in [4.69, 9.17) is 5.73 Å². The first-order chi connectivity index (χ1) is 8.78. The van der Waals surface area contributed by atoms with Crippen LogP contribution in [-0.2, 0) is 19.5 Å². The minimum absolute atomic E-state index is 0.618. The second-order valence-electron chi connectivity index (χ2n) is 4.59. The van der Waals surface area contributed by atoms with Gasteiger partial charge in [-0.05, 0) is 36.0 Å². The van der Waals surface area contributed by atoms with Gasteiger partial charge in [0.15, 0.2) is 0 Å². The Bertz CT molecular complexity index is 465. The lowest BCUT2D eigenvalue weighted by atomic mass is 10.1. The van der Waals surface area contributed by atoms with Gasteiger partial charge >= 0.3 is 0 Å². The maximum atomic E-state index is 5.66. The summed E-state index contributed by atoms with van der Waals surface area (Å²) in [5, 5.41) is 2.14. The molecule has 0 saturated carbocycles. The molecule has 0 amide bonds. The van der Waals surface area contributed by atoms with Crippen molar-refractivity contribution in [3.8, 4) is 0 Å². The van der Waals surface area contributed by atoms with Gasteiger partial charge in [0.05, 0.1) is 0 Å². The van der Waals surface area contributed by atoms with Gasteiger partial charge in [0.25, 0.3) is 0 Å². The summed E-state index contributed by atoms with van der Waals surface area (Å²) < 4.78 is 0. The number of hydrogen-bond acceptors (Lipinski definition) is 3. The van der Waals surface area contributed by atoms with E-state index in [9.17, 15) is 0 Å². The zero-order valence-electron chi connectivity index (χ0n) is 10.8. The lowest BCUT2D eigenvalue weighted by Gasteiger charge is -2.16. The molecular formula is C15H20N2S. The second kappa shape index (κ2) is 6.69. The van der Waals surface area contributed by atoms with Gasteiger partial charge in [0.2, 0.25) is 0 Å². The number of thiophene rings is 1. The van der Waals surface area contributed by atoms with E-state index in [1.54, 1.807) is 0 Å². The number of nitrogens with zero attached hydrogens (tertiary/aromatic N) is 1. The molecule has 0 saturated heterocycles. The molecule has 96 valence electrons. The summed E-state index contributed by atoms with van der Waals surface area (Å²) in [6.07, 6.45) is 1.13. The van der Waals surface area contributed by atoms with Crippen LogP contribution in [0.1, 0.15) is 16.0 Å². The van der Waals surface area contributed by atoms with Gasteiger partial charge in [-0.3, -0.25) is 0 Å². The van der Waals surface area contributed by atoms with Crippen LogP contribution in [0.25, 0.3) is 0 Å². The normalized spacial score (nSPS) is 11.1. The van der Waals surface area contributed by atoms with Crippen molar-refractivity contribution in [3.05, 3.63) is 57.8 Å². The SMILES string of the molecule is CN(CCc1cccs1)Cc1cccc(CN)c1. The van der Waals surface area contributed by atoms with E-state index in [2.05, 4.69) is 53.7 Å². The van der Waals surface area contributed by atoms with Crippen molar-refractivity contribution >= 4 is 11.3 Å². The zero-order chi connectivity index (χ0) is 12.8. The molecule has 0 fully saturated rings. The number of benzene rings is 1. The molecule has 1 aromatic carbocycles. The summed E-state index contributed by atoms with van der Waals surface area (Å²) in [5.74, 6) is 0. The summed E-state index contributed by atoms with van der Waals surface area (Å²) in [6, 6.07) is 12.8. The number of nitrogens with two attached hydrogens (primary N) is 1. The Morgan fingerprint density at radius 2 is 2.00 bits per heavy atom. The maximum Gasteiger partial charge on any atom is 0.0230 e. The van der Waals surface area contributed by atoms with Crippen LogP contribution in [0.15, 0.2) is 41.8 Å². The Balaban J connectivity index is 1.84. The van der Waals surface area contributed by atoms with Crippen LogP contribution in [0.3, 0.4) is 0 Å². The molecule has 0 spiro atoms. The first-order valence-corrected chi connectivity index (χ1v) is 7.14. The van der Waals surface area contributed by atoms with Crippen LogP contribution in [0.4, 0.5) is 0 Å². The van der Waals surface area contributed by atoms with E-state index >= 15 is 0 Å². The molecule has 1 heterocycles. The predicted molar refractivity (Wildman–Crippen MR) is 78.7 cm³/mol. The van der Waals surface area contributed by atoms with Crippen molar-refractivity contribution in [1.29, 1.82) is 0 Å². The third-order valence-electron chi connectivity index (χ3n) is 3.00. The summed E-state index contributed by atoms with van der Waals surface area (Å²) in [6.45, 7) is 2.69. The lowest BCUT2D eigenvalue weighted by Crippen LogP contribution is -2.20. The Morgan fingerprint density at radius 3 is 2.72 bits per heavy atom. The van der Waals surface area contributed by atoms with Gasteiger partial charge in [0, 0.05) is 24.5 Å². The molecule has 0 atom stereocenters. The fourth-order valence-electron chi connectivity index (χ4n) is 2.00. The third-order valence-corrected chi connectivity index (χ3v) is 3.94. The average molecular weight is 260 g/mol. The van der Waals surface area contributed by atoms with E-state index in [1.165, 1.54) is 16.0 Å². The van der Waals surface area contributed by atoms with Gasteiger partial charge in [-0.2, -0.15) is 0 Å². The van der Waals surface area contributed by atoms with Crippen molar-refractivity contribution in [2.75, 3.05) is 13.6 Å². The molecular weight excluding hydrogens is 240 g/mol. The minimum atomic E-state index is 0.618. The largest absolute Gasteiger partial charge is 0.326 e. The van der Waals surface area contributed by atoms with Crippen LogP contribution < -0.4 is 5.73 Å². The lowest BCUT2D eigenvalue weighted by molar-refractivity contribution is 0.332. The highest BCUT2D eigenvalue weighted by molar-refractivity contribution is 7.09. The summed E-state index contributed by atoms with van der Waals surface area (Å²) in [7, 11) is 2.17. The number of hydrogen-bond donors (Lipinski definition) is 1. The topological polar surface area (TPSA) is 29.3 Å². The molecule has 0 aliphatic carbocycles. The third kappa shape index (κ3) is 3.95. The fourth-order valence-corrected chi connectivity index (χ4v) is 2.70. The van der Waals surface area contributed by atoms with Crippen molar-refractivity contribution in [2.45, 2.75) is 19.5 Å². The van der Waals surface area contributed by atoms with Gasteiger partial charge < -0.3 is 10.6 Å². The molecule has 2 nitrogen and oxygen atoms in total. The van der Waals surface area contributed by atoms with Crippen LogP contribution in [0.2, 0.25) is 0 Å². The fraction of sp³-hybridized carbons (Fsp3) is 0.333. The molecule has 0 bridgehead atoms. The minimum Gasteiger partial charge on any atom is -0.326 e. The maximum absolute atomic E-state index is 5.66. The molecule has 0 aliphatic rings. The summed E-state index contributed by atoms with van der Waals surface area (Å²) >= 11 is 1.83. The van der Waals surface area contributed by atoms with Gasteiger partial charge in [0.1, 0.15) is 0 Å². The molecule has 2 aromatic rings. The average Bonchev–Trinajstić information content (AvgIpc) is 2.90. The first kappa shape index (κ1) is 13.3. The van der Waals surface area contributed by atoms with Crippen LogP contribution in [0.5, 0.6) is 0 Å². The van der Waals surface area contributed by atoms with Crippen molar-refractivity contribution in [3.63, 3.8) is 0 Å². The predicted octanol–water partition coefficient (Wildman–Crippen LogP) is 2.88. The summed E-state index contributed by atoms with van der Waals surface area (Å²) in [4.78, 5) is 3.81. The molecule has 1 aromatic heterocycles. The van der Waals surface area contributed by atoms with Crippen LogP contribution in [0, 0.1) is 0 Å². The molecule has 0 radical (unpaired) electrons. The second-order valence-corrected chi connectivity index (χ2v) is 5.62. The molecule has 2 rings (SSSR count). The zero-order valence-corrected chi connectivity index (χ0v) is 11.6. The summed E-state index contributed by atoms with van der Waals surface area (Å²) in [5.41, 5.74) is 8.21. The Morgan fingerprint density at radius 1 is 1.17 bits per heavy atom. The smallest absolute Gasteiger partial charge is 0.0230 e. The number of likely N-dealkylation sites (N-methyl/N-ethyl adjacent to an activating group) is 1. The Labute approximate surface area is 113 Å².